The van der Waals surface area contributed by atoms with Crippen LogP contribution in [0.3, 0.4) is 0 Å². The summed E-state index contributed by atoms with van der Waals surface area (Å²) < 4.78 is 11.4. The van der Waals surface area contributed by atoms with Gasteiger partial charge in [-0.2, -0.15) is 0 Å². The molecule has 0 aliphatic carbocycles. The normalized spacial score (nSPS) is 17.3. The number of carbonyl (C=O) groups excluding carboxylic acids is 2. The number of allylic oxidation sites excluding steroid dienone is 3. The number of likely N-dealkylation sites (N-methyl/N-ethyl adjacent to an activating group) is 1. The number of hydrogen-bond donors (Lipinski definition) is 1. The summed E-state index contributed by atoms with van der Waals surface area (Å²) in [6, 6.07) is -0.104. The third kappa shape index (κ3) is 18.5. The predicted molar refractivity (Wildman–Crippen MR) is 194 cm³/mol. The number of methoxy groups -OCH3 is 1. The van der Waals surface area contributed by atoms with Gasteiger partial charge in [0.1, 0.15) is 11.5 Å². The van der Waals surface area contributed by atoms with Crippen LogP contribution in [0.25, 0.3) is 5.57 Å². The molecule has 46 heavy (non-hydrogen) atoms. The zero-order chi connectivity index (χ0) is 35.7. The third-order valence-electron chi connectivity index (χ3n) is 6.69. The molecule has 2 aliphatic heterocycles. The van der Waals surface area contributed by atoms with Crippen molar-refractivity contribution in [3.8, 4) is 12.3 Å². The molecule has 1 aromatic rings. The zero-order valence-electron chi connectivity index (χ0n) is 30.7. The summed E-state index contributed by atoms with van der Waals surface area (Å²) in [7, 11) is 6.77. The fourth-order valence-corrected chi connectivity index (χ4v) is 4.51. The number of imidazole rings is 1. The maximum absolute atomic E-state index is 13.2. The molecule has 2 atom stereocenters. The Kier molecular flexibility index (Phi) is 27.2. The Labute approximate surface area is 286 Å². The van der Waals surface area contributed by atoms with Crippen molar-refractivity contribution in [1.82, 2.24) is 24.7 Å². The van der Waals surface area contributed by atoms with Gasteiger partial charge in [-0.15, -0.1) is 12.3 Å². The Morgan fingerprint density at radius 3 is 2.26 bits per heavy atom. The van der Waals surface area contributed by atoms with Crippen LogP contribution in [0.4, 0.5) is 0 Å². The number of carbonyl (C=O) groups is 2. The van der Waals surface area contributed by atoms with Crippen molar-refractivity contribution in [1.29, 1.82) is 0 Å². The van der Waals surface area contributed by atoms with E-state index >= 15 is 0 Å². The lowest BCUT2D eigenvalue weighted by atomic mass is 9.93. The first kappa shape index (κ1) is 45.5. The van der Waals surface area contributed by atoms with Crippen LogP contribution >= 0.6 is 11.6 Å². The van der Waals surface area contributed by atoms with Crippen molar-refractivity contribution >= 4 is 29.0 Å². The van der Waals surface area contributed by atoms with Crippen molar-refractivity contribution in [3.63, 3.8) is 0 Å². The minimum Gasteiger partial charge on any atom is -0.388 e. The topological polar surface area (TPSA) is 88.9 Å². The van der Waals surface area contributed by atoms with E-state index in [1.165, 1.54) is 12.8 Å². The number of rotatable bonds is 6. The van der Waals surface area contributed by atoms with Gasteiger partial charge in [0.2, 0.25) is 5.91 Å². The Hall–Kier alpha value is -2.64. The second kappa shape index (κ2) is 27.5. The monoisotopic (exact) mass is 665 g/mol. The Bertz CT molecular complexity index is 1050. The minimum absolute atomic E-state index is 0.104. The summed E-state index contributed by atoms with van der Waals surface area (Å²) in [5.41, 5.74) is 1.08. The van der Waals surface area contributed by atoms with E-state index < -0.39 is 0 Å². The average molecular weight is 666 g/mol. The molecule has 3 heterocycles. The van der Waals surface area contributed by atoms with Crippen LogP contribution in [0.2, 0.25) is 5.15 Å². The van der Waals surface area contributed by atoms with Gasteiger partial charge in [-0.1, -0.05) is 77.8 Å². The highest BCUT2D eigenvalue weighted by molar-refractivity contribution is 6.32. The second-order valence-electron chi connectivity index (χ2n) is 12.0. The molecule has 0 aromatic carbocycles. The van der Waals surface area contributed by atoms with Crippen molar-refractivity contribution in [3.05, 3.63) is 35.4 Å². The van der Waals surface area contributed by atoms with Crippen molar-refractivity contribution in [2.45, 2.75) is 86.6 Å². The van der Waals surface area contributed by atoms with E-state index in [0.29, 0.717) is 50.8 Å². The quantitative estimate of drug-likeness (QED) is 0.268. The Balaban J connectivity index is 0. The van der Waals surface area contributed by atoms with Gasteiger partial charge in [-0.05, 0) is 38.2 Å². The van der Waals surface area contributed by atoms with E-state index in [-0.39, 0.29) is 28.9 Å². The highest BCUT2D eigenvalue weighted by Gasteiger charge is 2.35. The van der Waals surface area contributed by atoms with Gasteiger partial charge in [0.15, 0.2) is 5.15 Å². The molecule has 264 valence electrons. The third-order valence-corrected chi connectivity index (χ3v) is 6.95. The number of piperidine rings is 1. The molecule has 2 amide bonds. The van der Waals surface area contributed by atoms with Gasteiger partial charge in [0.25, 0.3) is 5.91 Å². The fourth-order valence-electron chi connectivity index (χ4n) is 4.22. The van der Waals surface area contributed by atoms with Crippen LogP contribution in [-0.2, 0) is 21.3 Å². The van der Waals surface area contributed by atoms with Crippen molar-refractivity contribution in [2.75, 3.05) is 60.7 Å². The summed E-state index contributed by atoms with van der Waals surface area (Å²) in [6.45, 7) is 22.4. The number of halogens is 1. The van der Waals surface area contributed by atoms with E-state index in [1.54, 1.807) is 37.8 Å². The second-order valence-corrected chi connectivity index (χ2v) is 12.3. The number of ether oxygens (including phenoxy) is 2. The number of hydrogen-bond acceptors (Lipinski definition) is 6. The van der Waals surface area contributed by atoms with Crippen LogP contribution < -0.4 is 5.32 Å². The van der Waals surface area contributed by atoms with Crippen LogP contribution in [0, 0.1) is 24.2 Å². The molecule has 0 bridgehead atoms. The number of amides is 2. The molecule has 2 aliphatic rings. The van der Waals surface area contributed by atoms with Crippen LogP contribution in [0.1, 0.15) is 96.9 Å². The molecule has 9 nitrogen and oxygen atoms in total. The summed E-state index contributed by atoms with van der Waals surface area (Å²) in [5.74, 6) is 3.67. The molecule has 2 fully saturated rings. The first-order chi connectivity index (χ1) is 21.8. The Morgan fingerprint density at radius 2 is 1.80 bits per heavy atom. The smallest absolute Gasteiger partial charge is 0.273 e. The van der Waals surface area contributed by atoms with E-state index in [9.17, 15) is 9.59 Å². The number of nitrogens with zero attached hydrogens (tertiary/aromatic N) is 4. The molecule has 10 heteroatoms. The zero-order valence-corrected chi connectivity index (χ0v) is 31.5. The molecule has 1 aromatic heterocycles. The largest absolute Gasteiger partial charge is 0.388 e. The van der Waals surface area contributed by atoms with Gasteiger partial charge >= 0.3 is 0 Å². The molecular weight excluding hydrogens is 602 g/mol. The lowest BCUT2D eigenvalue weighted by Gasteiger charge is -2.37. The van der Waals surface area contributed by atoms with Crippen LogP contribution in [0.5, 0.6) is 0 Å². The number of nitrogens with one attached hydrogen (secondary N) is 1. The highest BCUT2D eigenvalue weighted by Crippen LogP contribution is 2.24. The maximum atomic E-state index is 13.2. The summed E-state index contributed by atoms with van der Waals surface area (Å²) in [5, 5.41) is 3.49. The van der Waals surface area contributed by atoms with Crippen molar-refractivity contribution in [2.24, 2.45) is 18.9 Å². The average Bonchev–Trinajstić information content (AvgIpc) is 3.17. The fraction of sp³-hybridized carbons (Fsp3) is 0.694. The predicted octanol–water partition coefficient (Wildman–Crippen LogP) is 6.72. The lowest BCUT2D eigenvalue weighted by Crippen LogP contribution is -2.53. The van der Waals surface area contributed by atoms with Crippen molar-refractivity contribution < 1.29 is 19.1 Å². The van der Waals surface area contributed by atoms with Gasteiger partial charge < -0.3 is 29.2 Å². The van der Waals surface area contributed by atoms with E-state index in [1.807, 2.05) is 30.9 Å². The first-order valence-electron chi connectivity index (χ1n) is 16.5. The van der Waals surface area contributed by atoms with Gasteiger partial charge in [-0.3, -0.25) is 9.59 Å². The van der Waals surface area contributed by atoms with Gasteiger partial charge in [0, 0.05) is 73.6 Å². The molecule has 2 saturated heterocycles. The highest BCUT2D eigenvalue weighted by atomic mass is 35.5. The molecule has 3 rings (SSSR count). The summed E-state index contributed by atoms with van der Waals surface area (Å²) in [6.07, 6.45) is 13.7. The molecule has 0 saturated carbocycles. The standard InChI is InChI=1S/C20H30ClN5O3.C6H8.2C4H10.C2H6O/c1-13(2)18-23-17(21)16(25(18)4)20(28)24(3)15-10-14(11-22-12-15)19(27)26-6-5-8-29-9-7-26;1-3-5-6-4-2;1-4(2)3;1-3-4-2;1-3-2/h14-15,22H,1,5-12H2,2-4H3;1,4,6H,5H2,2H3;4H,1-3H3;3-4H2,1-2H3;1-2H3/b;6-4-;;;. The molecule has 0 spiro atoms. The minimum atomic E-state index is -0.208. The van der Waals surface area contributed by atoms with E-state index in [2.05, 4.69) is 62.2 Å². The number of terminal acetylenes is 1. The molecular formula is C36H64ClN5O4. The Morgan fingerprint density at radius 1 is 1.22 bits per heavy atom. The first-order valence-corrected chi connectivity index (χ1v) is 16.8. The number of aromatic nitrogens is 2. The summed E-state index contributed by atoms with van der Waals surface area (Å²) >= 11 is 6.26. The molecule has 1 N–H and O–H groups in total. The van der Waals surface area contributed by atoms with Crippen LogP contribution in [0.15, 0.2) is 18.7 Å². The van der Waals surface area contributed by atoms with E-state index in [4.69, 9.17) is 22.8 Å². The SMILES string of the molecule is C#CC/C=C\C.C=C(C)c1nc(Cl)c(C(=O)N(C)C2CNCC(C(=O)N3CCCOCC3)C2)n1C.CC(C)C.CCCC.COC. The molecule has 0 radical (unpaired) electrons. The maximum Gasteiger partial charge on any atom is 0.273 e. The van der Waals surface area contributed by atoms with E-state index in [0.717, 1.165) is 30.9 Å². The van der Waals surface area contributed by atoms with Gasteiger partial charge in [0.05, 0.1) is 12.5 Å². The lowest BCUT2D eigenvalue weighted by molar-refractivity contribution is -0.136. The van der Waals surface area contributed by atoms with Crippen LogP contribution in [-0.4, -0.2) is 97.9 Å². The number of unbranched alkanes of at least 4 members (excludes halogenated alkanes) is 1. The summed E-state index contributed by atoms with van der Waals surface area (Å²) in [4.78, 5) is 34.0. The van der Waals surface area contributed by atoms with Gasteiger partial charge in [-0.25, -0.2) is 4.98 Å². The molecule has 2 unspecified atom stereocenters.